The third-order valence-electron chi connectivity index (χ3n) is 3.80. The summed E-state index contributed by atoms with van der Waals surface area (Å²) < 4.78 is 0. The second-order valence-corrected chi connectivity index (χ2v) is 5.20. The molecule has 0 N–H and O–H groups in total. The fraction of sp³-hybridized carbons (Fsp3) is 0.583. The second-order valence-electron chi connectivity index (χ2n) is 4.87. The Morgan fingerprint density at radius 2 is 2.11 bits per heavy atom. The van der Waals surface area contributed by atoms with E-state index in [0.29, 0.717) is 12.6 Å². The lowest BCUT2D eigenvalue weighted by Crippen LogP contribution is -2.48. The van der Waals surface area contributed by atoms with Gasteiger partial charge in [-0.3, -0.25) is 4.79 Å². The Labute approximate surface area is 111 Å². The van der Waals surface area contributed by atoms with E-state index in [0.717, 1.165) is 24.3 Å². The van der Waals surface area contributed by atoms with Crippen LogP contribution in [0.5, 0.6) is 0 Å². The fourth-order valence-corrected chi connectivity index (χ4v) is 2.90. The van der Waals surface area contributed by atoms with Crippen molar-refractivity contribution in [3.63, 3.8) is 0 Å². The molecule has 2 heterocycles. The molecular weight excluding hydrogens is 252 g/mol. The number of amides is 1. The first kappa shape index (κ1) is 11.7. The molecule has 1 amide bonds. The number of hydrogen-bond acceptors (Lipinski definition) is 4. The van der Waals surface area contributed by atoms with E-state index in [1.54, 1.807) is 18.1 Å². The molecule has 1 aliphatic heterocycles. The summed E-state index contributed by atoms with van der Waals surface area (Å²) in [6, 6.07) is 0.410. The molecule has 0 saturated heterocycles. The lowest BCUT2D eigenvalue weighted by atomic mass is 10.1. The van der Waals surface area contributed by atoms with E-state index in [9.17, 15) is 4.79 Å². The number of carbonyl (C=O) groups is 1. The Morgan fingerprint density at radius 3 is 2.83 bits per heavy atom. The number of carbonyl (C=O) groups excluding carboxylic acids is 1. The zero-order chi connectivity index (χ0) is 12.7. The van der Waals surface area contributed by atoms with Gasteiger partial charge in [0.2, 0.25) is 11.2 Å². The molecule has 1 saturated carbocycles. The first-order chi connectivity index (χ1) is 8.66. The van der Waals surface area contributed by atoms with Crippen LogP contribution in [0.15, 0.2) is 6.20 Å². The molecule has 1 aromatic rings. The first-order valence-corrected chi connectivity index (χ1v) is 6.60. The maximum absolute atomic E-state index is 12.0. The van der Waals surface area contributed by atoms with Gasteiger partial charge in [-0.1, -0.05) is 12.8 Å². The molecule has 0 atom stereocenters. The summed E-state index contributed by atoms with van der Waals surface area (Å²) in [6.07, 6.45) is 6.32. The largest absolute Gasteiger partial charge is 0.342 e. The summed E-state index contributed by atoms with van der Waals surface area (Å²) in [5, 5.41) is 0.236. The number of likely N-dealkylation sites (N-methyl/N-ethyl adjacent to an activating group) is 1. The minimum atomic E-state index is 0.0836. The highest BCUT2D eigenvalue weighted by molar-refractivity contribution is 6.28. The maximum Gasteiger partial charge on any atom is 0.246 e. The summed E-state index contributed by atoms with van der Waals surface area (Å²) in [4.78, 5) is 24.0. The molecule has 1 fully saturated rings. The minimum absolute atomic E-state index is 0.0836. The van der Waals surface area contributed by atoms with Crippen molar-refractivity contribution in [3.8, 4) is 0 Å². The van der Waals surface area contributed by atoms with E-state index in [4.69, 9.17) is 11.6 Å². The van der Waals surface area contributed by atoms with Gasteiger partial charge < -0.3 is 9.80 Å². The second kappa shape index (κ2) is 4.39. The monoisotopic (exact) mass is 266 g/mol. The highest BCUT2D eigenvalue weighted by atomic mass is 35.5. The van der Waals surface area contributed by atoms with Gasteiger partial charge in [-0.2, -0.15) is 4.98 Å². The smallest absolute Gasteiger partial charge is 0.246 e. The SMILES string of the molecule is CN1C(=O)CN(C2CCCC2)c2nc(Cl)ncc21. The molecule has 0 bridgehead atoms. The number of nitrogens with zero attached hydrogens (tertiary/aromatic N) is 4. The van der Waals surface area contributed by atoms with E-state index in [1.165, 1.54) is 12.8 Å². The van der Waals surface area contributed by atoms with Crippen molar-refractivity contribution in [1.29, 1.82) is 0 Å². The van der Waals surface area contributed by atoms with Crippen molar-refractivity contribution in [2.24, 2.45) is 0 Å². The van der Waals surface area contributed by atoms with Crippen LogP contribution in [0.25, 0.3) is 0 Å². The molecule has 0 spiro atoms. The zero-order valence-electron chi connectivity index (χ0n) is 10.3. The molecule has 0 unspecified atom stereocenters. The summed E-state index contributed by atoms with van der Waals surface area (Å²) in [5.74, 6) is 0.879. The average Bonchev–Trinajstić information content (AvgIpc) is 2.87. The van der Waals surface area contributed by atoms with Gasteiger partial charge in [-0.05, 0) is 24.4 Å². The van der Waals surface area contributed by atoms with Crippen LogP contribution in [0.3, 0.4) is 0 Å². The molecule has 1 aromatic heterocycles. The third-order valence-corrected chi connectivity index (χ3v) is 3.98. The van der Waals surface area contributed by atoms with Gasteiger partial charge in [0.15, 0.2) is 5.82 Å². The molecule has 5 nitrogen and oxygen atoms in total. The summed E-state index contributed by atoms with van der Waals surface area (Å²) >= 11 is 5.88. The topological polar surface area (TPSA) is 49.3 Å². The summed E-state index contributed by atoms with van der Waals surface area (Å²) in [7, 11) is 1.75. The third kappa shape index (κ3) is 1.82. The summed E-state index contributed by atoms with van der Waals surface area (Å²) in [6.45, 7) is 0.390. The van der Waals surface area contributed by atoms with Crippen LogP contribution in [0.1, 0.15) is 25.7 Å². The Morgan fingerprint density at radius 1 is 1.39 bits per heavy atom. The Hall–Kier alpha value is -1.36. The Bertz CT molecular complexity index is 487. The molecule has 0 aromatic carbocycles. The van der Waals surface area contributed by atoms with Crippen molar-refractivity contribution < 1.29 is 4.79 Å². The number of anilines is 2. The van der Waals surface area contributed by atoms with Gasteiger partial charge in [0, 0.05) is 13.1 Å². The normalized spacial score (nSPS) is 20.4. The van der Waals surface area contributed by atoms with E-state index >= 15 is 0 Å². The molecular formula is C12H15ClN4O. The number of fused-ring (bicyclic) bond motifs is 1. The maximum atomic E-state index is 12.0. The van der Waals surface area contributed by atoms with Crippen LogP contribution in [-0.2, 0) is 4.79 Å². The summed E-state index contributed by atoms with van der Waals surface area (Å²) in [5.41, 5.74) is 0.752. The van der Waals surface area contributed by atoms with Crippen LogP contribution in [-0.4, -0.2) is 35.5 Å². The van der Waals surface area contributed by atoms with Crippen molar-refractivity contribution in [2.45, 2.75) is 31.7 Å². The molecule has 0 radical (unpaired) electrons. The van der Waals surface area contributed by atoms with Crippen LogP contribution in [0.2, 0.25) is 5.28 Å². The van der Waals surface area contributed by atoms with Gasteiger partial charge in [-0.15, -0.1) is 0 Å². The van der Waals surface area contributed by atoms with Gasteiger partial charge in [0.05, 0.1) is 12.7 Å². The average molecular weight is 267 g/mol. The minimum Gasteiger partial charge on any atom is -0.342 e. The molecule has 96 valence electrons. The van der Waals surface area contributed by atoms with Crippen molar-refractivity contribution in [3.05, 3.63) is 11.5 Å². The Kier molecular flexibility index (Phi) is 2.86. The number of aromatic nitrogens is 2. The predicted octanol–water partition coefficient (Wildman–Crippen LogP) is 1.86. The number of rotatable bonds is 1. The predicted molar refractivity (Wildman–Crippen MR) is 70.1 cm³/mol. The van der Waals surface area contributed by atoms with E-state index < -0.39 is 0 Å². The van der Waals surface area contributed by atoms with Gasteiger partial charge in [0.1, 0.15) is 5.69 Å². The van der Waals surface area contributed by atoms with Gasteiger partial charge in [-0.25, -0.2) is 4.98 Å². The van der Waals surface area contributed by atoms with Crippen molar-refractivity contribution >= 4 is 29.0 Å². The van der Waals surface area contributed by atoms with Crippen LogP contribution in [0.4, 0.5) is 11.5 Å². The molecule has 1 aliphatic carbocycles. The highest BCUT2D eigenvalue weighted by Gasteiger charge is 2.34. The van der Waals surface area contributed by atoms with E-state index in [1.807, 2.05) is 0 Å². The first-order valence-electron chi connectivity index (χ1n) is 6.22. The lowest BCUT2D eigenvalue weighted by Gasteiger charge is -2.37. The number of hydrogen-bond donors (Lipinski definition) is 0. The van der Waals surface area contributed by atoms with Gasteiger partial charge in [0.25, 0.3) is 0 Å². The Balaban J connectivity index is 2.04. The molecule has 18 heavy (non-hydrogen) atoms. The van der Waals surface area contributed by atoms with Crippen LogP contribution < -0.4 is 9.80 Å². The van der Waals surface area contributed by atoms with Crippen LogP contribution >= 0.6 is 11.6 Å². The van der Waals surface area contributed by atoms with Crippen molar-refractivity contribution in [2.75, 3.05) is 23.4 Å². The molecule has 3 rings (SSSR count). The van der Waals surface area contributed by atoms with Crippen molar-refractivity contribution in [1.82, 2.24) is 9.97 Å². The zero-order valence-corrected chi connectivity index (χ0v) is 11.0. The van der Waals surface area contributed by atoms with E-state index in [-0.39, 0.29) is 11.2 Å². The standard InChI is InChI=1S/C12H15ClN4O/c1-16-9-6-14-12(13)15-11(9)17(7-10(16)18)8-4-2-3-5-8/h6,8H,2-5,7H2,1H3. The van der Waals surface area contributed by atoms with Crippen LogP contribution in [0, 0.1) is 0 Å². The van der Waals surface area contributed by atoms with E-state index in [2.05, 4.69) is 14.9 Å². The number of halogens is 1. The fourth-order valence-electron chi connectivity index (χ4n) is 2.77. The quantitative estimate of drug-likeness (QED) is 0.728. The van der Waals surface area contributed by atoms with Gasteiger partial charge >= 0.3 is 0 Å². The molecule has 6 heteroatoms. The highest BCUT2D eigenvalue weighted by Crippen LogP contribution is 2.36. The lowest BCUT2D eigenvalue weighted by molar-refractivity contribution is -0.117. The molecule has 2 aliphatic rings.